The van der Waals surface area contributed by atoms with E-state index in [2.05, 4.69) is 9.72 Å². The molecule has 5 nitrogen and oxygen atoms in total. The van der Waals surface area contributed by atoms with Crippen molar-refractivity contribution in [1.29, 1.82) is 0 Å². The van der Waals surface area contributed by atoms with Crippen LogP contribution in [0.1, 0.15) is 33.8 Å². The van der Waals surface area contributed by atoms with Crippen molar-refractivity contribution in [2.75, 3.05) is 18.1 Å². The van der Waals surface area contributed by atoms with Crippen LogP contribution >= 0.6 is 0 Å². The van der Waals surface area contributed by atoms with Gasteiger partial charge in [-0.05, 0) is 36.2 Å². The number of carboxylic acid groups (broad SMARTS) is 1. The zero-order valence-electron chi connectivity index (χ0n) is 15.2. The van der Waals surface area contributed by atoms with Crippen LogP contribution in [-0.4, -0.2) is 41.6 Å². The molecule has 11 heteroatoms. The molecule has 30 heavy (non-hydrogen) atoms. The van der Waals surface area contributed by atoms with Crippen molar-refractivity contribution in [1.82, 2.24) is 4.98 Å². The van der Waals surface area contributed by atoms with E-state index in [1.54, 1.807) is 4.90 Å². The lowest BCUT2D eigenvalue weighted by Gasteiger charge is -2.25. The Kier molecular flexibility index (Phi) is 5.93. The van der Waals surface area contributed by atoms with Gasteiger partial charge in [-0.3, -0.25) is 4.74 Å². The molecule has 0 spiro atoms. The van der Waals surface area contributed by atoms with Crippen molar-refractivity contribution in [2.24, 2.45) is 0 Å². The summed E-state index contributed by atoms with van der Waals surface area (Å²) in [5, 5.41) is 8.96. The fraction of sp³-hybridized carbons (Fsp3) is 0.368. The summed E-state index contributed by atoms with van der Waals surface area (Å²) in [4.78, 5) is 16.5. The van der Waals surface area contributed by atoms with E-state index in [1.807, 2.05) is 0 Å². The normalized spacial score (nSPS) is 19.9. The van der Waals surface area contributed by atoms with Gasteiger partial charge in [0.25, 0.3) is 0 Å². The first-order valence-corrected chi connectivity index (χ1v) is 8.78. The molecular formula is C19H16F6N2O3. The smallest absolute Gasteiger partial charge is 0.478 e. The molecule has 3 rings (SSSR count). The van der Waals surface area contributed by atoms with Gasteiger partial charge in [-0.2, -0.15) is 13.2 Å². The van der Waals surface area contributed by atoms with Crippen LogP contribution in [0.5, 0.6) is 0 Å². The Hall–Kier alpha value is -2.82. The minimum atomic E-state index is -4.83. The second-order valence-electron chi connectivity index (χ2n) is 6.83. The Bertz CT molecular complexity index is 881. The number of rotatable bonds is 5. The number of nitrogens with zero attached hydrogens (tertiary/aromatic N) is 2. The van der Waals surface area contributed by atoms with Crippen molar-refractivity contribution < 1.29 is 41.0 Å². The number of hydrogen-bond donors (Lipinski definition) is 1. The van der Waals surface area contributed by atoms with Crippen LogP contribution in [0, 0.1) is 0 Å². The molecular weight excluding hydrogens is 418 g/mol. The number of halogens is 6. The number of benzene rings is 1. The summed E-state index contributed by atoms with van der Waals surface area (Å²) >= 11 is 0. The molecule has 1 aliphatic rings. The lowest BCUT2D eigenvalue weighted by Crippen LogP contribution is -2.35. The SMILES string of the molecule is O=C(O)c1ccc(N2CC(c3ccc(C(F)(F)F)cc3)C[C@H]2COC(F)(F)F)nc1. The third-order valence-electron chi connectivity index (χ3n) is 4.85. The van der Waals surface area contributed by atoms with Gasteiger partial charge in [0.2, 0.25) is 0 Å². The number of pyridine rings is 1. The summed E-state index contributed by atoms with van der Waals surface area (Å²) in [5.41, 5.74) is -0.353. The highest BCUT2D eigenvalue weighted by atomic mass is 19.4. The highest BCUT2D eigenvalue weighted by Gasteiger charge is 2.38. The third kappa shape index (κ3) is 5.21. The molecule has 1 aromatic carbocycles. The summed E-state index contributed by atoms with van der Waals surface area (Å²) in [7, 11) is 0. The van der Waals surface area contributed by atoms with Crippen LogP contribution in [0.3, 0.4) is 0 Å². The first kappa shape index (κ1) is 21.9. The van der Waals surface area contributed by atoms with Crippen molar-refractivity contribution in [3.63, 3.8) is 0 Å². The van der Waals surface area contributed by atoms with Crippen LogP contribution in [0.25, 0.3) is 0 Å². The van der Waals surface area contributed by atoms with Gasteiger partial charge >= 0.3 is 18.5 Å². The highest BCUT2D eigenvalue weighted by Crippen LogP contribution is 2.37. The van der Waals surface area contributed by atoms with Crippen molar-refractivity contribution in [3.05, 3.63) is 59.3 Å². The maximum absolute atomic E-state index is 12.8. The van der Waals surface area contributed by atoms with E-state index in [-0.39, 0.29) is 30.3 Å². The van der Waals surface area contributed by atoms with E-state index < -0.39 is 36.7 Å². The number of aromatic carboxylic acids is 1. The Labute approximate surface area is 166 Å². The Morgan fingerprint density at radius 1 is 1.10 bits per heavy atom. The van der Waals surface area contributed by atoms with Gasteiger partial charge in [0.15, 0.2) is 0 Å². The number of anilines is 1. The minimum Gasteiger partial charge on any atom is -0.478 e. The predicted molar refractivity (Wildman–Crippen MR) is 93.1 cm³/mol. The van der Waals surface area contributed by atoms with E-state index >= 15 is 0 Å². The van der Waals surface area contributed by atoms with Crippen molar-refractivity contribution >= 4 is 11.8 Å². The highest BCUT2D eigenvalue weighted by molar-refractivity contribution is 5.87. The molecule has 0 bridgehead atoms. The molecule has 0 aliphatic carbocycles. The number of hydrogen-bond acceptors (Lipinski definition) is 4. The van der Waals surface area contributed by atoms with Crippen molar-refractivity contribution in [3.8, 4) is 0 Å². The topological polar surface area (TPSA) is 62.7 Å². The Morgan fingerprint density at radius 3 is 2.27 bits per heavy atom. The largest absolute Gasteiger partial charge is 0.522 e. The molecule has 1 fully saturated rings. The molecule has 162 valence electrons. The molecule has 0 radical (unpaired) electrons. The number of ether oxygens (including phenoxy) is 1. The van der Waals surface area contributed by atoms with Gasteiger partial charge in [0.1, 0.15) is 5.82 Å². The van der Waals surface area contributed by atoms with Gasteiger partial charge in [0.05, 0.1) is 23.8 Å². The molecule has 2 atom stereocenters. The minimum absolute atomic E-state index is 0.0830. The monoisotopic (exact) mass is 434 g/mol. The molecule has 2 aromatic rings. The van der Waals surface area contributed by atoms with E-state index in [4.69, 9.17) is 5.11 Å². The number of alkyl halides is 6. The molecule has 0 saturated carbocycles. The summed E-state index contributed by atoms with van der Waals surface area (Å²) in [6.07, 6.45) is -8.04. The van der Waals surface area contributed by atoms with Gasteiger partial charge in [-0.15, -0.1) is 13.2 Å². The molecule has 1 saturated heterocycles. The van der Waals surface area contributed by atoms with Crippen LogP contribution < -0.4 is 4.90 Å². The number of carbonyl (C=O) groups is 1. The summed E-state index contributed by atoms with van der Waals surface area (Å²) < 4.78 is 79.8. The van der Waals surface area contributed by atoms with E-state index in [0.717, 1.165) is 18.3 Å². The number of aromatic nitrogens is 1. The van der Waals surface area contributed by atoms with Crippen LogP contribution in [0.2, 0.25) is 0 Å². The Balaban J connectivity index is 1.83. The van der Waals surface area contributed by atoms with Crippen molar-refractivity contribution in [2.45, 2.75) is 30.9 Å². The van der Waals surface area contributed by atoms with E-state index in [0.29, 0.717) is 5.56 Å². The maximum Gasteiger partial charge on any atom is 0.522 e. The lowest BCUT2D eigenvalue weighted by molar-refractivity contribution is -0.325. The van der Waals surface area contributed by atoms with Gasteiger partial charge < -0.3 is 10.0 Å². The number of carboxylic acids is 1. The summed E-state index contributed by atoms with van der Waals surface area (Å²) in [6.45, 7) is -0.500. The van der Waals surface area contributed by atoms with E-state index in [1.165, 1.54) is 24.3 Å². The fourth-order valence-electron chi connectivity index (χ4n) is 3.41. The fourth-order valence-corrected chi connectivity index (χ4v) is 3.41. The van der Waals surface area contributed by atoms with Crippen LogP contribution in [-0.2, 0) is 10.9 Å². The quantitative estimate of drug-likeness (QED) is 0.692. The molecule has 1 N–H and O–H groups in total. The Morgan fingerprint density at radius 2 is 1.77 bits per heavy atom. The second kappa shape index (κ2) is 8.13. The van der Waals surface area contributed by atoms with E-state index in [9.17, 15) is 31.1 Å². The molecule has 0 amide bonds. The molecule has 1 aliphatic heterocycles. The second-order valence-corrected chi connectivity index (χ2v) is 6.83. The third-order valence-corrected chi connectivity index (χ3v) is 4.85. The van der Waals surface area contributed by atoms with Gasteiger partial charge in [0, 0.05) is 18.7 Å². The molecule has 1 aromatic heterocycles. The standard InChI is InChI=1S/C19H16F6N2O3/c20-18(21,22)14-4-1-11(2-5-14)13-7-15(10-30-19(23,24)25)27(9-13)16-6-3-12(8-26-16)17(28)29/h1-6,8,13,15H,7,9-10H2,(H,28,29)/t13?,15-/m0/s1. The zero-order chi connectivity index (χ0) is 22.1. The van der Waals surface area contributed by atoms with Gasteiger partial charge in [-0.25, -0.2) is 9.78 Å². The van der Waals surface area contributed by atoms with Crippen LogP contribution in [0.15, 0.2) is 42.6 Å². The first-order valence-electron chi connectivity index (χ1n) is 8.78. The predicted octanol–water partition coefficient (Wildman–Crippen LogP) is 4.70. The average molecular weight is 434 g/mol. The maximum atomic E-state index is 12.8. The summed E-state index contributed by atoms with van der Waals surface area (Å²) in [6, 6.07) is 6.37. The summed E-state index contributed by atoms with van der Waals surface area (Å²) in [5.74, 6) is -1.30. The van der Waals surface area contributed by atoms with Crippen LogP contribution in [0.4, 0.5) is 32.2 Å². The van der Waals surface area contributed by atoms with Gasteiger partial charge in [-0.1, -0.05) is 12.1 Å². The first-order chi connectivity index (χ1) is 13.9. The lowest BCUT2D eigenvalue weighted by atomic mass is 9.95. The molecule has 1 unspecified atom stereocenters. The average Bonchev–Trinajstić information content (AvgIpc) is 3.10. The zero-order valence-corrected chi connectivity index (χ0v) is 15.2. The molecule has 2 heterocycles.